The number of carbonyl (C=O) groups is 3. The second kappa shape index (κ2) is 8.06. The number of halogens is 1. The molecule has 148 valence electrons. The molecule has 1 aromatic rings. The zero-order valence-corrected chi connectivity index (χ0v) is 16.2. The molecule has 1 heterocycles. The van der Waals surface area contributed by atoms with Crippen LogP contribution in [0.15, 0.2) is 24.3 Å². The number of hydrogen-bond acceptors (Lipinski definition) is 5. The number of piperidine rings is 1. The summed E-state index contributed by atoms with van der Waals surface area (Å²) in [4.78, 5) is 39.4. The number of benzene rings is 1. The summed E-state index contributed by atoms with van der Waals surface area (Å²) in [5.41, 5.74) is -1.60. The first kappa shape index (κ1) is 20.9. The molecule has 1 aromatic carbocycles. The van der Waals surface area contributed by atoms with Crippen LogP contribution in [0.3, 0.4) is 0 Å². The van der Waals surface area contributed by atoms with Crippen molar-refractivity contribution in [2.24, 2.45) is 5.41 Å². The first-order valence-corrected chi connectivity index (χ1v) is 9.00. The van der Waals surface area contributed by atoms with Gasteiger partial charge in [0.25, 0.3) is 0 Å². The molecule has 0 saturated carbocycles. The molecule has 1 amide bonds. The Labute approximate surface area is 158 Å². The second-order valence-corrected chi connectivity index (χ2v) is 7.68. The lowest BCUT2D eigenvalue weighted by Crippen LogP contribution is -2.57. The fourth-order valence-corrected chi connectivity index (χ4v) is 3.08. The molecule has 2 rings (SSSR count). The van der Waals surface area contributed by atoms with Gasteiger partial charge in [-0.25, -0.2) is 9.18 Å². The van der Waals surface area contributed by atoms with Gasteiger partial charge in [-0.05, 0) is 51.8 Å². The Hall–Kier alpha value is -2.44. The van der Waals surface area contributed by atoms with E-state index in [1.807, 2.05) is 0 Å². The summed E-state index contributed by atoms with van der Waals surface area (Å²) >= 11 is 0. The molecule has 1 fully saturated rings. The molecule has 0 aromatic heterocycles. The molecule has 0 radical (unpaired) electrons. The van der Waals surface area contributed by atoms with Gasteiger partial charge in [-0.2, -0.15) is 0 Å². The van der Waals surface area contributed by atoms with Gasteiger partial charge >= 0.3 is 12.1 Å². The summed E-state index contributed by atoms with van der Waals surface area (Å²) in [5, 5.41) is 0. The van der Waals surface area contributed by atoms with Gasteiger partial charge in [-0.1, -0.05) is 12.1 Å². The summed E-state index contributed by atoms with van der Waals surface area (Å²) in [7, 11) is 0. The third-order valence-corrected chi connectivity index (χ3v) is 4.34. The minimum absolute atomic E-state index is 0.0270. The average molecular weight is 379 g/mol. The lowest BCUT2D eigenvalue weighted by Gasteiger charge is -2.40. The third-order valence-electron chi connectivity index (χ3n) is 4.34. The second-order valence-electron chi connectivity index (χ2n) is 7.68. The summed E-state index contributed by atoms with van der Waals surface area (Å²) < 4.78 is 23.8. The van der Waals surface area contributed by atoms with Crippen LogP contribution in [0.5, 0.6) is 0 Å². The van der Waals surface area contributed by atoms with E-state index in [0.29, 0.717) is 5.56 Å². The van der Waals surface area contributed by atoms with Crippen molar-refractivity contribution < 1.29 is 28.2 Å². The molecule has 1 saturated heterocycles. The van der Waals surface area contributed by atoms with Crippen LogP contribution in [0.4, 0.5) is 9.18 Å². The maximum atomic E-state index is 13.2. The summed E-state index contributed by atoms with van der Waals surface area (Å²) in [6.45, 7) is 7.06. The molecule has 0 unspecified atom stereocenters. The maximum absolute atomic E-state index is 13.2. The van der Waals surface area contributed by atoms with E-state index in [4.69, 9.17) is 9.47 Å². The highest BCUT2D eigenvalue weighted by Gasteiger charge is 2.51. The number of Topliss-reactive ketones (excluding diaryl/α,β-unsaturated/α-hetero) is 1. The first-order chi connectivity index (χ1) is 12.6. The van der Waals surface area contributed by atoms with Crippen LogP contribution in [0, 0.1) is 11.2 Å². The molecule has 7 heteroatoms. The number of carbonyl (C=O) groups excluding carboxylic acids is 3. The topological polar surface area (TPSA) is 72.9 Å². The minimum Gasteiger partial charge on any atom is -0.465 e. The largest absolute Gasteiger partial charge is 0.465 e. The third kappa shape index (κ3) is 5.05. The van der Waals surface area contributed by atoms with Gasteiger partial charge in [0.15, 0.2) is 5.78 Å². The minimum atomic E-state index is -1.52. The Balaban J connectivity index is 2.34. The Bertz CT molecular complexity index is 710. The number of hydrogen-bond donors (Lipinski definition) is 0. The Morgan fingerprint density at radius 3 is 2.41 bits per heavy atom. The molecule has 1 aliphatic heterocycles. The van der Waals surface area contributed by atoms with Gasteiger partial charge in [0.1, 0.15) is 16.8 Å². The lowest BCUT2D eigenvalue weighted by atomic mass is 9.74. The van der Waals surface area contributed by atoms with E-state index < -0.39 is 28.9 Å². The fourth-order valence-electron chi connectivity index (χ4n) is 3.08. The van der Waals surface area contributed by atoms with Gasteiger partial charge < -0.3 is 14.4 Å². The monoisotopic (exact) mass is 379 g/mol. The Morgan fingerprint density at radius 2 is 1.85 bits per heavy atom. The molecule has 0 spiro atoms. The van der Waals surface area contributed by atoms with Gasteiger partial charge in [0.05, 0.1) is 6.61 Å². The van der Waals surface area contributed by atoms with Crippen molar-refractivity contribution in [2.75, 3.05) is 19.7 Å². The smallest absolute Gasteiger partial charge is 0.410 e. The number of nitrogens with zero attached hydrogens (tertiary/aromatic N) is 1. The number of ether oxygens (including phenoxy) is 2. The standard InChI is InChI=1S/C20H26FNO5/c1-5-26-17(24)20(12-14-6-8-15(21)9-7-14)13-22(11-10-16(20)23)18(25)27-19(2,3)4/h6-9H,5,10-13H2,1-4H3/t20-/m1/s1. The number of likely N-dealkylation sites (tertiary alicyclic amines) is 1. The van der Waals surface area contributed by atoms with Crippen molar-refractivity contribution in [1.29, 1.82) is 0 Å². The average Bonchev–Trinajstić information content (AvgIpc) is 2.57. The van der Waals surface area contributed by atoms with Gasteiger partial charge in [-0.3, -0.25) is 9.59 Å². The number of ketones is 1. The Morgan fingerprint density at radius 1 is 1.22 bits per heavy atom. The molecule has 0 bridgehead atoms. The van der Waals surface area contributed by atoms with E-state index in [-0.39, 0.29) is 38.3 Å². The van der Waals surface area contributed by atoms with E-state index in [1.54, 1.807) is 27.7 Å². The fraction of sp³-hybridized carbons (Fsp3) is 0.550. The van der Waals surface area contributed by atoms with E-state index >= 15 is 0 Å². The SMILES string of the molecule is CCOC(=O)[C@]1(Cc2ccc(F)cc2)CN(C(=O)OC(C)(C)C)CCC1=O. The van der Waals surface area contributed by atoms with Crippen LogP contribution >= 0.6 is 0 Å². The van der Waals surface area contributed by atoms with E-state index in [2.05, 4.69) is 0 Å². The van der Waals surface area contributed by atoms with E-state index in [9.17, 15) is 18.8 Å². The molecular weight excluding hydrogens is 353 g/mol. The number of esters is 1. The molecule has 1 atom stereocenters. The van der Waals surface area contributed by atoms with Crippen LogP contribution in [0.25, 0.3) is 0 Å². The molecule has 1 aliphatic rings. The summed E-state index contributed by atoms with van der Waals surface area (Å²) in [5.74, 6) is -1.37. The van der Waals surface area contributed by atoms with Crippen molar-refractivity contribution >= 4 is 17.8 Å². The predicted octanol–water partition coefficient (Wildman–Crippen LogP) is 3.13. The summed E-state index contributed by atoms with van der Waals surface area (Å²) in [6.07, 6.45) is -0.522. The summed E-state index contributed by atoms with van der Waals surface area (Å²) in [6, 6.07) is 5.59. The highest BCUT2D eigenvalue weighted by Crippen LogP contribution is 2.33. The van der Waals surface area contributed by atoms with Crippen molar-refractivity contribution in [3.05, 3.63) is 35.6 Å². The van der Waals surface area contributed by atoms with Crippen LogP contribution < -0.4 is 0 Å². The maximum Gasteiger partial charge on any atom is 0.410 e. The van der Waals surface area contributed by atoms with Crippen molar-refractivity contribution in [1.82, 2.24) is 4.90 Å². The van der Waals surface area contributed by atoms with E-state index in [0.717, 1.165) is 0 Å². The highest BCUT2D eigenvalue weighted by atomic mass is 19.1. The van der Waals surface area contributed by atoms with Crippen LogP contribution in [-0.2, 0) is 25.5 Å². The first-order valence-electron chi connectivity index (χ1n) is 9.00. The quantitative estimate of drug-likeness (QED) is 0.594. The van der Waals surface area contributed by atoms with Crippen molar-refractivity contribution in [3.8, 4) is 0 Å². The van der Waals surface area contributed by atoms with Gasteiger partial charge in [-0.15, -0.1) is 0 Å². The highest BCUT2D eigenvalue weighted by molar-refractivity contribution is 6.05. The Kier molecular flexibility index (Phi) is 6.23. The lowest BCUT2D eigenvalue weighted by molar-refractivity contribution is -0.163. The molecular formula is C20H26FNO5. The molecule has 27 heavy (non-hydrogen) atoms. The molecule has 0 aliphatic carbocycles. The number of rotatable bonds is 4. The zero-order chi connectivity index (χ0) is 20.2. The van der Waals surface area contributed by atoms with Crippen LogP contribution in [0.2, 0.25) is 0 Å². The van der Waals surface area contributed by atoms with Gasteiger partial charge in [0, 0.05) is 19.5 Å². The zero-order valence-electron chi connectivity index (χ0n) is 16.2. The van der Waals surface area contributed by atoms with E-state index in [1.165, 1.54) is 29.2 Å². The molecule has 6 nitrogen and oxygen atoms in total. The van der Waals surface area contributed by atoms with Crippen molar-refractivity contribution in [3.63, 3.8) is 0 Å². The molecule has 0 N–H and O–H groups in total. The van der Waals surface area contributed by atoms with Crippen molar-refractivity contribution in [2.45, 2.75) is 46.1 Å². The predicted molar refractivity (Wildman–Crippen MR) is 96.6 cm³/mol. The van der Waals surface area contributed by atoms with Crippen LogP contribution in [-0.4, -0.2) is 48.0 Å². The number of amides is 1. The normalized spacial score (nSPS) is 20.3. The van der Waals surface area contributed by atoms with Gasteiger partial charge in [0.2, 0.25) is 0 Å². The van der Waals surface area contributed by atoms with Crippen LogP contribution in [0.1, 0.15) is 39.7 Å².